The molecule has 0 aromatic heterocycles. The van der Waals surface area contributed by atoms with Crippen LogP contribution in [-0.4, -0.2) is 30.7 Å². The standard InChI is InChI=1S/C19H24N4OS.HI/c1-2-21-19(22-12-13-25-17-6-4-3-5-7-17)23-14-15-8-10-16(11-9-15)18(20)24;/h3-11H,2,12-14H2,1H3,(H2,20,24)(H2,21,22,23);1H. The van der Waals surface area contributed by atoms with Crippen molar-refractivity contribution in [2.45, 2.75) is 18.4 Å². The molecule has 4 N–H and O–H groups in total. The van der Waals surface area contributed by atoms with Gasteiger partial charge in [-0.2, -0.15) is 0 Å². The summed E-state index contributed by atoms with van der Waals surface area (Å²) in [6.45, 7) is 4.21. The van der Waals surface area contributed by atoms with Gasteiger partial charge >= 0.3 is 0 Å². The molecule has 0 radical (unpaired) electrons. The smallest absolute Gasteiger partial charge is 0.248 e. The number of carbonyl (C=O) groups is 1. The van der Waals surface area contributed by atoms with Gasteiger partial charge < -0.3 is 16.4 Å². The van der Waals surface area contributed by atoms with E-state index in [2.05, 4.69) is 27.8 Å². The van der Waals surface area contributed by atoms with Gasteiger partial charge in [0, 0.05) is 29.3 Å². The van der Waals surface area contributed by atoms with Gasteiger partial charge in [0.25, 0.3) is 0 Å². The van der Waals surface area contributed by atoms with Crippen molar-refractivity contribution in [1.82, 2.24) is 10.6 Å². The normalized spacial score (nSPS) is 10.7. The van der Waals surface area contributed by atoms with Crippen LogP contribution in [0.1, 0.15) is 22.8 Å². The number of amides is 1. The summed E-state index contributed by atoms with van der Waals surface area (Å²) in [7, 11) is 0. The van der Waals surface area contributed by atoms with Crippen LogP contribution in [0.4, 0.5) is 0 Å². The van der Waals surface area contributed by atoms with E-state index in [1.807, 2.05) is 49.0 Å². The first-order chi connectivity index (χ1) is 12.2. The average Bonchev–Trinajstić information content (AvgIpc) is 2.64. The van der Waals surface area contributed by atoms with Gasteiger partial charge in [-0.15, -0.1) is 35.7 Å². The number of benzene rings is 2. The van der Waals surface area contributed by atoms with Crippen LogP contribution in [0.3, 0.4) is 0 Å². The second-order valence-electron chi connectivity index (χ2n) is 5.34. The van der Waals surface area contributed by atoms with E-state index in [4.69, 9.17) is 5.73 Å². The maximum atomic E-state index is 11.1. The van der Waals surface area contributed by atoms with Gasteiger partial charge in [0.2, 0.25) is 5.91 Å². The van der Waals surface area contributed by atoms with Crippen molar-refractivity contribution in [2.75, 3.05) is 18.8 Å². The summed E-state index contributed by atoms with van der Waals surface area (Å²) in [5.41, 5.74) is 6.79. The molecule has 1 amide bonds. The van der Waals surface area contributed by atoms with Crippen LogP contribution in [0, 0.1) is 0 Å². The fraction of sp³-hybridized carbons (Fsp3) is 0.263. The number of nitrogens with two attached hydrogens (primary N) is 1. The van der Waals surface area contributed by atoms with E-state index < -0.39 is 5.91 Å². The van der Waals surface area contributed by atoms with Gasteiger partial charge in [-0.05, 0) is 36.8 Å². The first kappa shape index (κ1) is 22.3. The van der Waals surface area contributed by atoms with Gasteiger partial charge in [-0.3, -0.25) is 4.79 Å². The molecule has 0 aliphatic carbocycles. The van der Waals surface area contributed by atoms with Crippen molar-refractivity contribution in [3.63, 3.8) is 0 Å². The number of primary amides is 1. The zero-order valence-electron chi connectivity index (χ0n) is 14.8. The molecule has 0 fully saturated rings. The lowest BCUT2D eigenvalue weighted by molar-refractivity contribution is 0.100. The first-order valence-corrected chi connectivity index (χ1v) is 9.26. The van der Waals surface area contributed by atoms with Gasteiger partial charge in [0.1, 0.15) is 0 Å². The third kappa shape index (κ3) is 8.09. The van der Waals surface area contributed by atoms with E-state index in [0.29, 0.717) is 12.1 Å². The fourth-order valence-corrected chi connectivity index (χ4v) is 2.93. The predicted octanol–water partition coefficient (Wildman–Crippen LogP) is 3.25. The summed E-state index contributed by atoms with van der Waals surface area (Å²) in [5, 5.41) is 6.57. The maximum Gasteiger partial charge on any atom is 0.248 e. The predicted molar refractivity (Wildman–Crippen MR) is 120 cm³/mol. The largest absolute Gasteiger partial charge is 0.366 e. The Balaban J connectivity index is 0.00000338. The number of hydrogen-bond donors (Lipinski definition) is 3. The second kappa shape index (κ2) is 12.6. The Morgan fingerprint density at radius 2 is 1.77 bits per heavy atom. The number of rotatable bonds is 8. The molecule has 0 saturated heterocycles. The van der Waals surface area contributed by atoms with Crippen molar-refractivity contribution in [1.29, 1.82) is 0 Å². The Labute approximate surface area is 176 Å². The summed E-state index contributed by atoms with van der Waals surface area (Å²) in [4.78, 5) is 16.9. The maximum absolute atomic E-state index is 11.1. The molecule has 0 unspecified atom stereocenters. The van der Waals surface area contributed by atoms with Crippen molar-refractivity contribution >= 4 is 47.6 Å². The number of guanidine groups is 1. The van der Waals surface area contributed by atoms with E-state index in [-0.39, 0.29) is 24.0 Å². The molecule has 140 valence electrons. The van der Waals surface area contributed by atoms with E-state index >= 15 is 0 Å². The lowest BCUT2D eigenvalue weighted by Gasteiger charge is -2.11. The van der Waals surface area contributed by atoms with Crippen LogP contribution in [0.15, 0.2) is 64.5 Å². The van der Waals surface area contributed by atoms with Crippen LogP contribution in [0.5, 0.6) is 0 Å². The van der Waals surface area contributed by atoms with Crippen molar-refractivity contribution in [2.24, 2.45) is 10.7 Å². The Morgan fingerprint density at radius 3 is 2.38 bits per heavy atom. The molecule has 5 nitrogen and oxygen atoms in total. The molecular formula is C19H25IN4OS. The molecule has 26 heavy (non-hydrogen) atoms. The highest BCUT2D eigenvalue weighted by Gasteiger charge is 2.01. The van der Waals surface area contributed by atoms with Crippen LogP contribution < -0.4 is 16.4 Å². The molecule has 0 aliphatic heterocycles. The summed E-state index contributed by atoms with van der Waals surface area (Å²) >= 11 is 1.81. The van der Waals surface area contributed by atoms with Crippen LogP contribution >= 0.6 is 35.7 Å². The Morgan fingerprint density at radius 1 is 1.08 bits per heavy atom. The average molecular weight is 484 g/mol. The molecule has 0 saturated carbocycles. The van der Waals surface area contributed by atoms with E-state index in [9.17, 15) is 4.79 Å². The van der Waals surface area contributed by atoms with Gasteiger partial charge in [-0.1, -0.05) is 30.3 Å². The minimum atomic E-state index is -0.416. The summed E-state index contributed by atoms with van der Waals surface area (Å²) in [6, 6.07) is 17.5. The number of hydrogen-bond acceptors (Lipinski definition) is 3. The Hall–Kier alpha value is -1.74. The molecule has 2 aromatic rings. The van der Waals surface area contributed by atoms with Crippen molar-refractivity contribution in [3.05, 3.63) is 65.7 Å². The molecule has 2 aromatic carbocycles. The van der Waals surface area contributed by atoms with Crippen LogP contribution in [0.25, 0.3) is 0 Å². The minimum absolute atomic E-state index is 0. The zero-order valence-corrected chi connectivity index (χ0v) is 17.9. The van der Waals surface area contributed by atoms with E-state index in [0.717, 1.165) is 30.4 Å². The Kier molecular flexibility index (Phi) is 10.8. The fourth-order valence-electron chi connectivity index (χ4n) is 2.14. The SMILES string of the molecule is CCNC(=NCc1ccc(C(N)=O)cc1)NCCSc1ccccc1.I. The molecule has 0 spiro atoms. The second-order valence-corrected chi connectivity index (χ2v) is 6.51. The number of halogens is 1. The van der Waals surface area contributed by atoms with Crippen molar-refractivity contribution < 1.29 is 4.79 Å². The quantitative estimate of drug-likeness (QED) is 0.177. The van der Waals surface area contributed by atoms with E-state index in [1.165, 1.54) is 4.90 Å². The lowest BCUT2D eigenvalue weighted by Crippen LogP contribution is -2.38. The summed E-state index contributed by atoms with van der Waals surface area (Å²) in [6.07, 6.45) is 0. The topological polar surface area (TPSA) is 79.5 Å². The molecule has 0 aliphatic rings. The number of aliphatic imine (C=N–C) groups is 1. The molecule has 0 bridgehead atoms. The number of thioether (sulfide) groups is 1. The number of nitrogens with one attached hydrogen (secondary N) is 2. The van der Waals surface area contributed by atoms with E-state index in [1.54, 1.807) is 12.1 Å². The first-order valence-electron chi connectivity index (χ1n) is 8.28. The third-order valence-electron chi connectivity index (χ3n) is 3.41. The zero-order chi connectivity index (χ0) is 17.9. The molecule has 0 atom stereocenters. The highest BCUT2D eigenvalue weighted by Crippen LogP contribution is 2.15. The molecular weight excluding hydrogens is 459 g/mol. The number of carbonyl (C=O) groups excluding carboxylic acids is 1. The summed E-state index contributed by atoms with van der Waals surface area (Å²) in [5.74, 6) is 1.33. The molecule has 2 rings (SSSR count). The molecule has 0 heterocycles. The minimum Gasteiger partial charge on any atom is -0.366 e. The number of nitrogens with zero attached hydrogens (tertiary/aromatic N) is 1. The highest BCUT2D eigenvalue weighted by molar-refractivity contribution is 14.0. The van der Waals surface area contributed by atoms with Gasteiger partial charge in [-0.25, -0.2) is 4.99 Å². The van der Waals surface area contributed by atoms with Crippen LogP contribution in [-0.2, 0) is 6.54 Å². The monoisotopic (exact) mass is 484 g/mol. The highest BCUT2D eigenvalue weighted by atomic mass is 127. The van der Waals surface area contributed by atoms with Gasteiger partial charge in [0.15, 0.2) is 5.96 Å². The summed E-state index contributed by atoms with van der Waals surface area (Å²) < 4.78 is 0. The van der Waals surface area contributed by atoms with Crippen molar-refractivity contribution in [3.8, 4) is 0 Å². The van der Waals surface area contributed by atoms with Crippen LogP contribution in [0.2, 0.25) is 0 Å². The van der Waals surface area contributed by atoms with Gasteiger partial charge in [0.05, 0.1) is 6.54 Å². The Bertz CT molecular complexity index is 692. The lowest BCUT2D eigenvalue weighted by atomic mass is 10.1. The molecule has 7 heteroatoms. The third-order valence-corrected chi connectivity index (χ3v) is 4.42.